The highest BCUT2D eigenvalue weighted by atomic mass is 32.1. The van der Waals surface area contributed by atoms with Gasteiger partial charge in [-0.05, 0) is 42.0 Å². The van der Waals surface area contributed by atoms with E-state index in [-0.39, 0.29) is 0 Å². The molecular weight excluding hydrogens is 326 g/mol. The van der Waals surface area contributed by atoms with Crippen molar-refractivity contribution in [2.45, 2.75) is 32.6 Å². The Morgan fingerprint density at radius 2 is 1.91 bits per heavy atom. The van der Waals surface area contributed by atoms with Crippen LogP contribution in [0.4, 0.5) is 0 Å². The van der Waals surface area contributed by atoms with Crippen molar-refractivity contribution in [3.63, 3.8) is 0 Å². The molecule has 22 heavy (non-hydrogen) atoms. The summed E-state index contributed by atoms with van der Waals surface area (Å²) in [6.45, 7) is 2.27. The molecule has 3 aromatic heterocycles. The monoisotopic (exact) mass is 343 g/mol. The normalized spacial score (nSPS) is 11.7. The topological polar surface area (TPSA) is 12.9 Å². The minimum absolute atomic E-state index is 1.12. The maximum Gasteiger partial charge on any atom is 0.134 e. The zero-order valence-electron chi connectivity index (χ0n) is 12.5. The first-order valence-corrected chi connectivity index (χ1v) is 10.2. The fraction of sp³-hybridized carbons (Fsp3) is 0.278. The van der Waals surface area contributed by atoms with Gasteiger partial charge in [-0.25, -0.2) is 4.98 Å². The fourth-order valence-electron chi connectivity index (χ4n) is 2.79. The smallest absolute Gasteiger partial charge is 0.134 e. The quantitative estimate of drug-likeness (QED) is 0.356. The lowest BCUT2D eigenvalue weighted by molar-refractivity contribution is 0.721. The predicted octanol–water partition coefficient (Wildman–Crippen LogP) is 6.97. The molecular formula is C18H17NS3. The van der Waals surface area contributed by atoms with E-state index in [0.29, 0.717) is 0 Å². The standard InChI is InChI=1S/C18H17NS3/c1-2-3-4-7-12-16-15(10-11-20-16)21-17(12)18-19-13-8-5-6-9-14(13)22-18/h5-6,8-11H,2-4,7H2,1H3. The fourth-order valence-corrected chi connectivity index (χ4v) is 6.30. The average Bonchev–Trinajstić information content (AvgIpc) is 3.21. The highest BCUT2D eigenvalue weighted by Gasteiger charge is 2.17. The Hall–Kier alpha value is -1.23. The summed E-state index contributed by atoms with van der Waals surface area (Å²) in [5.41, 5.74) is 2.65. The second-order valence-electron chi connectivity index (χ2n) is 5.47. The summed E-state index contributed by atoms with van der Waals surface area (Å²) in [4.78, 5) is 6.28. The van der Waals surface area contributed by atoms with Crippen molar-refractivity contribution in [2.75, 3.05) is 0 Å². The van der Waals surface area contributed by atoms with Gasteiger partial charge in [0.25, 0.3) is 0 Å². The first kappa shape index (κ1) is 14.4. The summed E-state index contributed by atoms with van der Waals surface area (Å²) in [6.07, 6.45) is 5.04. The van der Waals surface area contributed by atoms with Crippen LogP contribution in [-0.2, 0) is 6.42 Å². The molecule has 1 nitrogen and oxygen atoms in total. The second kappa shape index (κ2) is 6.11. The number of aromatic nitrogens is 1. The molecule has 0 aliphatic carbocycles. The van der Waals surface area contributed by atoms with Crippen molar-refractivity contribution in [1.29, 1.82) is 0 Å². The number of benzene rings is 1. The van der Waals surface area contributed by atoms with Crippen LogP contribution in [0.25, 0.3) is 29.5 Å². The van der Waals surface area contributed by atoms with Gasteiger partial charge in [0.2, 0.25) is 0 Å². The molecule has 0 unspecified atom stereocenters. The van der Waals surface area contributed by atoms with Crippen molar-refractivity contribution in [1.82, 2.24) is 4.98 Å². The van der Waals surface area contributed by atoms with Gasteiger partial charge in [-0.3, -0.25) is 0 Å². The van der Waals surface area contributed by atoms with Gasteiger partial charge in [0.05, 0.1) is 15.1 Å². The van der Waals surface area contributed by atoms with Gasteiger partial charge in [0.1, 0.15) is 5.01 Å². The summed E-state index contributed by atoms with van der Waals surface area (Å²) in [5.74, 6) is 0. The summed E-state index contributed by atoms with van der Waals surface area (Å²) in [6, 6.07) is 10.7. The number of para-hydroxylation sites is 1. The Kier molecular flexibility index (Phi) is 3.99. The first-order chi connectivity index (χ1) is 10.9. The number of unbranched alkanes of at least 4 members (excludes halogenated alkanes) is 2. The first-order valence-electron chi connectivity index (χ1n) is 7.71. The number of aryl methyl sites for hydroxylation is 1. The van der Waals surface area contributed by atoms with Crippen molar-refractivity contribution in [3.8, 4) is 9.88 Å². The van der Waals surface area contributed by atoms with Crippen LogP contribution in [0.1, 0.15) is 31.7 Å². The van der Waals surface area contributed by atoms with E-state index in [9.17, 15) is 0 Å². The highest BCUT2D eigenvalue weighted by molar-refractivity contribution is 7.31. The summed E-state index contributed by atoms with van der Waals surface area (Å²) in [5, 5.41) is 3.41. The molecule has 4 heteroatoms. The molecule has 3 heterocycles. The number of hydrogen-bond acceptors (Lipinski definition) is 4. The third kappa shape index (κ3) is 2.49. The van der Waals surface area contributed by atoms with E-state index in [1.807, 2.05) is 34.0 Å². The molecule has 0 aliphatic rings. The lowest BCUT2D eigenvalue weighted by atomic mass is 10.1. The van der Waals surface area contributed by atoms with Crippen molar-refractivity contribution in [3.05, 3.63) is 41.3 Å². The molecule has 0 fully saturated rings. The zero-order valence-corrected chi connectivity index (χ0v) is 14.9. The van der Waals surface area contributed by atoms with Gasteiger partial charge < -0.3 is 0 Å². The molecule has 112 valence electrons. The molecule has 0 radical (unpaired) electrons. The van der Waals surface area contributed by atoms with Crippen LogP contribution in [0.5, 0.6) is 0 Å². The number of thiophene rings is 2. The lowest BCUT2D eigenvalue weighted by Crippen LogP contribution is -1.86. The lowest BCUT2D eigenvalue weighted by Gasteiger charge is -2.01. The Morgan fingerprint density at radius 3 is 2.77 bits per heavy atom. The highest BCUT2D eigenvalue weighted by Crippen LogP contribution is 2.44. The molecule has 0 saturated carbocycles. The Labute approximate surface area is 142 Å². The van der Waals surface area contributed by atoms with Gasteiger partial charge in [0, 0.05) is 9.40 Å². The molecule has 4 aromatic rings. The van der Waals surface area contributed by atoms with Crippen LogP contribution in [0, 0.1) is 0 Å². The summed E-state index contributed by atoms with van der Waals surface area (Å²) < 4.78 is 4.19. The predicted molar refractivity (Wildman–Crippen MR) is 102 cm³/mol. The van der Waals surface area contributed by atoms with Gasteiger partial charge in [-0.1, -0.05) is 31.9 Å². The number of hydrogen-bond donors (Lipinski definition) is 0. The maximum atomic E-state index is 4.88. The van der Waals surface area contributed by atoms with Crippen molar-refractivity contribution < 1.29 is 0 Å². The van der Waals surface area contributed by atoms with Crippen molar-refractivity contribution in [2.24, 2.45) is 0 Å². The van der Waals surface area contributed by atoms with Gasteiger partial charge >= 0.3 is 0 Å². The Bertz CT molecular complexity index is 880. The molecule has 0 spiro atoms. The average molecular weight is 344 g/mol. The van der Waals surface area contributed by atoms with Crippen LogP contribution in [0.2, 0.25) is 0 Å². The molecule has 0 bridgehead atoms. The van der Waals surface area contributed by atoms with Crippen LogP contribution in [-0.4, -0.2) is 4.98 Å². The number of nitrogens with zero attached hydrogens (tertiary/aromatic N) is 1. The van der Waals surface area contributed by atoms with Crippen LogP contribution in [0.3, 0.4) is 0 Å². The Balaban J connectivity index is 1.82. The summed E-state index contributed by atoms with van der Waals surface area (Å²) >= 11 is 5.62. The Morgan fingerprint density at radius 1 is 1.00 bits per heavy atom. The number of rotatable bonds is 5. The molecule has 0 N–H and O–H groups in total. The van der Waals surface area contributed by atoms with E-state index in [2.05, 4.69) is 42.6 Å². The molecule has 0 amide bonds. The summed E-state index contributed by atoms with van der Waals surface area (Å²) in [7, 11) is 0. The maximum absolute atomic E-state index is 4.88. The molecule has 0 saturated heterocycles. The van der Waals surface area contributed by atoms with E-state index in [1.165, 1.54) is 55.2 Å². The molecule has 0 atom stereocenters. The van der Waals surface area contributed by atoms with E-state index >= 15 is 0 Å². The third-order valence-corrected chi connectivity index (χ3v) is 7.40. The van der Waals surface area contributed by atoms with E-state index in [1.54, 1.807) is 0 Å². The van der Waals surface area contributed by atoms with Crippen LogP contribution in [0.15, 0.2) is 35.7 Å². The molecule has 1 aromatic carbocycles. The third-order valence-electron chi connectivity index (χ3n) is 3.91. The second-order valence-corrected chi connectivity index (χ2v) is 8.47. The number of thiazole rings is 1. The van der Waals surface area contributed by atoms with E-state index in [0.717, 1.165) is 5.52 Å². The minimum atomic E-state index is 1.12. The number of fused-ring (bicyclic) bond motifs is 2. The van der Waals surface area contributed by atoms with Gasteiger partial charge in [0.15, 0.2) is 0 Å². The van der Waals surface area contributed by atoms with E-state index in [4.69, 9.17) is 4.98 Å². The SMILES string of the molecule is CCCCCc1c(-c2nc3ccccc3s2)sc2ccsc12. The van der Waals surface area contributed by atoms with Crippen molar-refractivity contribution >= 4 is 53.6 Å². The molecule has 4 rings (SSSR count). The largest absolute Gasteiger partial charge is 0.235 e. The molecule has 0 aliphatic heterocycles. The van der Waals surface area contributed by atoms with Gasteiger partial charge in [-0.15, -0.1) is 34.0 Å². The zero-order chi connectivity index (χ0) is 14.9. The van der Waals surface area contributed by atoms with Crippen LogP contribution < -0.4 is 0 Å². The van der Waals surface area contributed by atoms with E-state index < -0.39 is 0 Å². The minimum Gasteiger partial charge on any atom is -0.235 e. The van der Waals surface area contributed by atoms with Gasteiger partial charge in [-0.2, -0.15) is 0 Å². The van der Waals surface area contributed by atoms with Crippen LogP contribution >= 0.6 is 34.0 Å².